The highest BCUT2D eigenvalue weighted by atomic mass is 127. The number of halogens is 1. The summed E-state index contributed by atoms with van der Waals surface area (Å²) < 4.78 is 6.70. The standard InChI is InChI=1S/C18H25IO2/c1-18(2,3)21-17(20)10-6-9-15-11-13-7-4-5-8-14(13)12-16(15)19/h11-12H,4-10H2,1-3H3. The number of hydrogen-bond donors (Lipinski definition) is 0. The highest BCUT2D eigenvalue weighted by Gasteiger charge is 2.16. The third-order valence-corrected chi connectivity index (χ3v) is 4.76. The molecule has 0 unspecified atom stereocenters. The van der Waals surface area contributed by atoms with Crippen LogP contribution in [-0.4, -0.2) is 11.6 Å². The van der Waals surface area contributed by atoms with Gasteiger partial charge < -0.3 is 4.74 Å². The zero-order chi connectivity index (χ0) is 15.5. The molecule has 0 aliphatic heterocycles. The fourth-order valence-corrected chi connectivity index (χ4v) is 3.62. The van der Waals surface area contributed by atoms with E-state index in [0.29, 0.717) is 6.42 Å². The number of aryl methyl sites for hydroxylation is 3. The molecular weight excluding hydrogens is 375 g/mol. The molecule has 2 rings (SSSR count). The van der Waals surface area contributed by atoms with Gasteiger partial charge in [0.25, 0.3) is 0 Å². The first kappa shape index (κ1) is 16.8. The van der Waals surface area contributed by atoms with Gasteiger partial charge in [-0.1, -0.05) is 6.07 Å². The lowest BCUT2D eigenvalue weighted by molar-refractivity contribution is -0.154. The maximum atomic E-state index is 11.7. The highest BCUT2D eigenvalue weighted by molar-refractivity contribution is 14.1. The molecule has 0 bridgehead atoms. The molecule has 0 aromatic heterocycles. The Labute approximate surface area is 141 Å². The lowest BCUT2D eigenvalue weighted by Gasteiger charge is -2.20. The van der Waals surface area contributed by atoms with E-state index in [-0.39, 0.29) is 11.6 Å². The quantitative estimate of drug-likeness (QED) is 0.534. The fourth-order valence-electron chi connectivity index (χ4n) is 2.81. The molecule has 0 radical (unpaired) electrons. The normalized spacial score (nSPS) is 14.7. The van der Waals surface area contributed by atoms with Gasteiger partial charge in [0, 0.05) is 9.99 Å². The second kappa shape index (κ2) is 7.12. The third kappa shape index (κ3) is 5.28. The number of ether oxygens (including phenoxy) is 1. The minimum Gasteiger partial charge on any atom is -0.460 e. The summed E-state index contributed by atoms with van der Waals surface area (Å²) in [6.07, 6.45) is 7.40. The van der Waals surface area contributed by atoms with Gasteiger partial charge >= 0.3 is 5.97 Å². The van der Waals surface area contributed by atoms with Crippen LogP contribution in [0.25, 0.3) is 0 Å². The maximum Gasteiger partial charge on any atom is 0.306 e. The van der Waals surface area contributed by atoms with Crippen molar-refractivity contribution in [2.45, 2.75) is 71.3 Å². The molecule has 1 aliphatic carbocycles. The SMILES string of the molecule is CC(C)(C)OC(=O)CCCc1cc2c(cc1I)CCCC2. The molecule has 0 heterocycles. The first-order chi connectivity index (χ1) is 9.85. The number of carbonyl (C=O) groups excluding carboxylic acids is 1. The second-order valence-corrected chi connectivity index (χ2v) is 8.02. The van der Waals surface area contributed by atoms with Crippen molar-refractivity contribution in [3.05, 3.63) is 32.4 Å². The van der Waals surface area contributed by atoms with Crippen molar-refractivity contribution in [1.82, 2.24) is 0 Å². The highest BCUT2D eigenvalue weighted by Crippen LogP contribution is 2.26. The van der Waals surface area contributed by atoms with Crippen molar-refractivity contribution in [2.75, 3.05) is 0 Å². The Hall–Kier alpha value is -0.580. The lowest BCUT2D eigenvalue weighted by Crippen LogP contribution is -2.23. The Kier molecular flexibility index (Phi) is 5.69. The van der Waals surface area contributed by atoms with Crippen LogP contribution in [0.5, 0.6) is 0 Å². The summed E-state index contributed by atoms with van der Waals surface area (Å²) in [6.45, 7) is 5.74. The van der Waals surface area contributed by atoms with Gasteiger partial charge in [-0.2, -0.15) is 0 Å². The minimum atomic E-state index is -0.378. The molecule has 0 saturated heterocycles. The van der Waals surface area contributed by atoms with Gasteiger partial charge in [0.15, 0.2) is 0 Å². The van der Waals surface area contributed by atoms with Gasteiger partial charge in [-0.15, -0.1) is 0 Å². The predicted octanol–water partition coefficient (Wildman–Crippen LogP) is 4.83. The molecule has 3 heteroatoms. The summed E-state index contributed by atoms with van der Waals surface area (Å²) in [6, 6.07) is 4.71. The number of esters is 1. The van der Waals surface area contributed by atoms with E-state index in [2.05, 4.69) is 34.7 Å². The average molecular weight is 400 g/mol. The summed E-state index contributed by atoms with van der Waals surface area (Å²) >= 11 is 2.43. The summed E-state index contributed by atoms with van der Waals surface area (Å²) in [5.74, 6) is -0.0875. The molecule has 0 spiro atoms. The van der Waals surface area contributed by atoms with Crippen LogP contribution in [0, 0.1) is 3.57 Å². The molecule has 0 saturated carbocycles. The van der Waals surface area contributed by atoms with Gasteiger partial charge in [0.05, 0.1) is 0 Å². The van der Waals surface area contributed by atoms with Crippen LogP contribution in [0.2, 0.25) is 0 Å². The van der Waals surface area contributed by atoms with Gasteiger partial charge in [-0.25, -0.2) is 0 Å². The van der Waals surface area contributed by atoms with E-state index in [1.807, 2.05) is 20.8 Å². The number of hydrogen-bond acceptors (Lipinski definition) is 2. The van der Waals surface area contributed by atoms with Crippen molar-refractivity contribution in [3.63, 3.8) is 0 Å². The Morgan fingerprint density at radius 2 is 1.81 bits per heavy atom. The van der Waals surface area contributed by atoms with Crippen molar-refractivity contribution in [1.29, 1.82) is 0 Å². The summed E-state index contributed by atoms with van der Waals surface area (Å²) in [4.78, 5) is 11.7. The smallest absolute Gasteiger partial charge is 0.306 e. The van der Waals surface area contributed by atoms with Crippen LogP contribution in [0.1, 0.15) is 63.1 Å². The van der Waals surface area contributed by atoms with Crippen LogP contribution in [0.3, 0.4) is 0 Å². The molecule has 2 nitrogen and oxygen atoms in total. The van der Waals surface area contributed by atoms with Gasteiger partial charge in [-0.05, 0) is 105 Å². The molecule has 0 fully saturated rings. The number of benzene rings is 1. The van der Waals surface area contributed by atoms with E-state index in [1.165, 1.54) is 45.9 Å². The molecule has 0 amide bonds. The van der Waals surface area contributed by atoms with Crippen LogP contribution >= 0.6 is 22.6 Å². The van der Waals surface area contributed by atoms with E-state index in [1.54, 1.807) is 0 Å². The lowest BCUT2D eigenvalue weighted by atomic mass is 9.89. The first-order valence-corrected chi connectivity index (χ1v) is 8.95. The van der Waals surface area contributed by atoms with Crippen LogP contribution in [0.4, 0.5) is 0 Å². The molecule has 1 aromatic carbocycles. The van der Waals surface area contributed by atoms with Crippen molar-refractivity contribution in [2.24, 2.45) is 0 Å². The van der Waals surface area contributed by atoms with E-state index in [4.69, 9.17) is 4.74 Å². The Morgan fingerprint density at radius 1 is 1.19 bits per heavy atom. The topological polar surface area (TPSA) is 26.3 Å². The number of carbonyl (C=O) groups is 1. The van der Waals surface area contributed by atoms with Crippen LogP contribution < -0.4 is 0 Å². The van der Waals surface area contributed by atoms with Gasteiger partial charge in [0.1, 0.15) is 5.60 Å². The molecular formula is C18H25IO2. The molecule has 116 valence electrons. The molecule has 0 atom stereocenters. The summed E-state index contributed by atoms with van der Waals surface area (Å²) in [7, 11) is 0. The molecule has 1 aliphatic rings. The zero-order valence-electron chi connectivity index (χ0n) is 13.3. The van der Waals surface area contributed by atoms with E-state index < -0.39 is 0 Å². The van der Waals surface area contributed by atoms with E-state index in [9.17, 15) is 4.79 Å². The summed E-state index contributed by atoms with van der Waals surface area (Å²) in [5.41, 5.74) is 4.06. The Balaban J connectivity index is 1.90. The average Bonchev–Trinajstić information content (AvgIpc) is 2.37. The molecule has 0 N–H and O–H groups in total. The first-order valence-electron chi connectivity index (χ1n) is 7.87. The Morgan fingerprint density at radius 3 is 2.43 bits per heavy atom. The zero-order valence-corrected chi connectivity index (χ0v) is 15.5. The third-order valence-electron chi connectivity index (χ3n) is 3.76. The largest absolute Gasteiger partial charge is 0.460 e. The van der Waals surface area contributed by atoms with Crippen molar-refractivity contribution in [3.8, 4) is 0 Å². The molecule has 21 heavy (non-hydrogen) atoms. The molecule has 1 aromatic rings. The number of fused-ring (bicyclic) bond motifs is 1. The van der Waals surface area contributed by atoms with Crippen LogP contribution in [-0.2, 0) is 28.8 Å². The number of rotatable bonds is 4. The van der Waals surface area contributed by atoms with E-state index >= 15 is 0 Å². The van der Waals surface area contributed by atoms with Crippen molar-refractivity contribution < 1.29 is 9.53 Å². The van der Waals surface area contributed by atoms with Crippen LogP contribution in [0.15, 0.2) is 12.1 Å². The van der Waals surface area contributed by atoms with E-state index in [0.717, 1.165) is 12.8 Å². The fraction of sp³-hybridized carbons (Fsp3) is 0.611. The van der Waals surface area contributed by atoms with Crippen molar-refractivity contribution >= 4 is 28.6 Å². The predicted molar refractivity (Wildman–Crippen MR) is 94.6 cm³/mol. The van der Waals surface area contributed by atoms with Gasteiger partial charge in [-0.3, -0.25) is 4.79 Å². The van der Waals surface area contributed by atoms with Gasteiger partial charge in [0.2, 0.25) is 0 Å². The Bertz CT molecular complexity index is 515. The monoisotopic (exact) mass is 400 g/mol. The summed E-state index contributed by atoms with van der Waals surface area (Å²) in [5, 5.41) is 0. The maximum absolute atomic E-state index is 11.7. The minimum absolute atomic E-state index is 0.0875. The second-order valence-electron chi connectivity index (χ2n) is 6.86.